The monoisotopic (exact) mass is 460 g/mol. The molecule has 168 valence electrons. The summed E-state index contributed by atoms with van der Waals surface area (Å²) in [6, 6.07) is 19.5. The molecule has 0 radical (unpaired) electrons. The van der Waals surface area contributed by atoms with Crippen LogP contribution in [0.4, 0.5) is 11.4 Å². The molecule has 1 N–H and O–H groups in total. The average molecular weight is 461 g/mol. The lowest BCUT2D eigenvalue weighted by molar-refractivity contribution is -0.124. The summed E-state index contributed by atoms with van der Waals surface area (Å²) in [5.41, 5.74) is 2.41. The maximum absolute atomic E-state index is 13.5. The Hall–Kier alpha value is -3.78. The zero-order valence-electron chi connectivity index (χ0n) is 18.2. The Morgan fingerprint density at radius 3 is 2.42 bits per heavy atom. The second-order valence-corrected chi connectivity index (χ2v) is 7.95. The van der Waals surface area contributed by atoms with Crippen molar-refractivity contribution in [1.29, 1.82) is 0 Å². The summed E-state index contributed by atoms with van der Waals surface area (Å²) in [4.78, 5) is 33.6. The smallest absolute Gasteiger partial charge is 0.256 e. The van der Waals surface area contributed by atoms with E-state index in [1.807, 2.05) is 47.4 Å². The Morgan fingerprint density at radius 2 is 1.76 bits per heavy atom. The van der Waals surface area contributed by atoms with E-state index in [0.29, 0.717) is 35.2 Å². The maximum atomic E-state index is 13.5. The molecule has 33 heavy (non-hydrogen) atoms. The first-order valence-electron chi connectivity index (χ1n) is 10.6. The zero-order valence-corrected chi connectivity index (χ0v) is 19.0. The van der Waals surface area contributed by atoms with Gasteiger partial charge in [-0.2, -0.15) is 0 Å². The number of aromatic nitrogens is 1. The first kappa shape index (κ1) is 22.4. The molecule has 0 spiro atoms. The van der Waals surface area contributed by atoms with Crippen molar-refractivity contribution >= 4 is 40.5 Å². The van der Waals surface area contributed by atoms with Crippen LogP contribution in [0.25, 0.3) is 0 Å². The molecule has 0 unspecified atom stereocenters. The van der Waals surface area contributed by atoms with Crippen molar-refractivity contribution in [3.8, 4) is 5.75 Å². The predicted octanol–water partition coefficient (Wildman–Crippen LogP) is 3.66. The summed E-state index contributed by atoms with van der Waals surface area (Å²) in [7, 11) is 1.59. The standard InChI is InChI=1S/C25H24N4O3S/c1-32-21-9-7-20(8-10-21)29-24(31)22(17-23(30)27-19-5-3-2-4-6-19)28(25(29)33)16-13-18-11-14-26-15-12-18/h2-12,14-15,22H,13,16-17H2,1H3,(H,27,30)/t22-/m1/s1. The van der Waals surface area contributed by atoms with Crippen molar-refractivity contribution in [3.05, 3.63) is 84.7 Å². The van der Waals surface area contributed by atoms with Crippen molar-refractivity contribution in [2.45, 2.75) is 18.9 Å². The molecule has 3 aromatic rings. The van der Waals surface area contributed by atoms with Gasteiger partial charge in [0.2, 0.25) is 5.91 Å². The Labute approximate surface area is 198 Å². The Kier molecular flexibility index (Phi) is 6.95. The second kappa shape index (κ2) is 10.2. The van der Waals surface area contributed by atoms with E-state index in [0.717, 1.165) is 5.56 Å². The van der Waals surface area contributed by atoms with Crippen LogP contribution in [0.2, 0.25) is 0 Å². The van der Waals surface area contributed by atoms with Crippen LogP contribution in [-0.2, 0) is 16.0 Å². The largest absolute Gasteiger partial charge is 0.497 e. The van der Waals surface area contributed by atoms with E-state index in [1.165, 1.54) is 4.90 Å². The van der Waals surface area contributed by atoms with Gasteiger partial charge in [0.25, 0.3) is 5.91 Å². The van der Waals surface area contributed by atoms with Crippen LogP contribution in [0, 0.1) is 0 Å². The van der Waals surface area contributed by atoms with Crippen molar-refractivity contribution in [1.82, 2.24) is 9.88 Å². The molecule has 0 aliphatic carbocycles. The van der Waals surface area contributed by atoms with Gasteiger partial charge in [-0.25, -0.2) is 0 Å². The molecule has 4 rings (SSSR count). The van der Waals surface area contributed by atoms with Gasteiger partial charge in [0, 0.05) is 24.6 Å². The first-order chi connectivity index (χ1) is 16.1. The molecule has 1 aromatic heterocycles. The molecule has 0 bridgehead atoms. The molecule has 8 heteroatoms. The fraction of sp³-hybridized carbons (Fsp3) is 0.200. The van der Waals surface area contributed by atoms with Crippen molar-refractivity contribution in [2.75, 3.05) is 23.9 Å². The molecule has 1 aliphatic heterocycles. The third-order valence-corrected chi connectivity index (χ3v) is 5.89. The van der Waals surface area contributed by atoms with Gasteiger partial charge >= 0.3 is 0 Å². The number of ether oxygens (including phenoxy) is 1. The number of nitrogens with one attached hydrogen (secondary N) is 1. The Balaban J connectivity index is 1.56. The lowest BCUT2D eigenvalue weighted by Crippen LogP contribution is -2.39. The maximum Gasteiger partial charge on any atom is 0.256 e. The quantitative estimate of drug-likeness (QED) is 0.517. The highest BCUT2D eigenvalue weighted by Gasteiger charge is 2.43. The summed E-state index contributed by atoms with van der Waals surface area (Å²) >= 11 is 5.71. The predicted molar refractivity (Wildman–Crippen MR) is 131 cm³/mol. The second-order valence-electron chi connectivity index (χ2n) is 7.59. The Bertz CT molecular complexity index is 1120. The summed E-state index contributed by atoms with van der Waals surface area (Å²) in [6.07, 6.45) is 4.13. The molecule has 7 nitrogen and oxygen atoms in total. The summed E-state index contributed by atoms with van der Waals surface area (Å²) in [5.74, 6) is 0.223. The number of pyridine rings is 1. The van der Waals surface area contributed by atoms with E-state index in [2.05, 4.69) is 10.3 Å². The molecular formula is C25H24N4O3S. The van der Waals surface area contributed by atoms with Gasteiger partial charge < -0.3 is 15.0 Å². The molecule has 2 aromatic carbocycles. The number of thiocarbonyl (C=S) groups is 1. The summed E-state index contributed by atoms with van der Waals surface area (Å²) in [6.45, 7) is 0.504. The third-order valence-electron chi connectivity index (χ3n) is 5.48. The van der Waals surface area contributed by atoms with E-state index in [-0.39, 0.29) is 18.2 Å². The number of carbonyl (C=O) groups excluding carboxylic acids is 2. The van der Waals surface area contributed by atoms with Crippen molar-refractivity contribution in [3.63, 3.8) is 0 Å². The molecule has 1 saturated heterocycles. The van der Waals surface area contributed by atoms with Gasteiger partial charge in [0.15, 0.2) is 5.11 Å². The number of benzene rings is 2. The van der Waals surface area contributed by atoms with Crippen LogP contribution in [0.3, 0.4) is 0 Å². The van der Waals surface area contributed by atoms with E-state index in [4.69, 9.17) is 17.0 Å². The highest BCUT2D eigenvalue weighted by molar-refractivity contribution is 7.80. The molecule has 2 heterocycles. The third kappa shape index (κ3) is 5.18. The number of hydrogen-bond acceptors (Lipinski definition) is 5. The van der Waals surface area contributed by atoms with Crippen molar-refractivity contribution < 1.29 is 14.3 Å². The number of carbonyl (C=O) groups is 2. The van der Waals surface area contributed by atoms with E-state index in [1.54, 1.807) is 43.8 Å². The minimum atomic E-state index is -0.690. The van der Waals surface area contributed by atoms with Crippen molar-refractivity contribution in [2.24, 2.45) is 0 Å². The van der Waals surface area contributed by atoms with Gasteiger partial charge in [-0.3, -0.25) is 19.5 Å². The summed E-state index contributed by atoms with van der Waals surface area (Å²) < 4.78 is 5.22. The molecule has 2 amide bonds. The fourth-order valence-electron chi connectivity index (χ4n) is 3.76. The number of hydrogen-bond donors (Lipinski definition) is 1. The topological polar surface area (TPSA) is 74.8 Å². The van der Waals surface area contributed by atoms with Crippen LogP contribution < -0.4 is 15.0 Å². The number of nitrogens with zero attached hydrogens (tertiary/aromatic N) is 3. The van der Waals surface area contributed by atoms with Crippen LogP contribution in [0.5, 0.6) is 5.75 Å². The number of rotatable bonds is 8. The SMILES string of the molecule is COc1ccc(N2C(=O)[C@@H](CC(=O)Nc3ccccc3)N(CCc3ccncc3)C2=S)cc1. The van der Waals surface area contributed by atoms with E-state index >= 15 is 0 Å². The van der Waals surface area contributed by atoms with Crippen LogP contribution in [0.1, 0.15) is 12.0 Å². The number of methoxy groups -OCH3 is 1. The van der Waals surface area contributed by atoms with Crippen LogP contribution in [-0.4, -0.2) is 46.5 Å². The molecule has 0 saturated carbocycles. The minimum absolute atomic E-state index is 0.00311. The average Bonchev–Trinajstić information content (AvgIpc) is 3.07. The number of anilines is 2. The van der Waals surface area contributed by atoms with Gasteiger partial charge in [-0.15, -0.1) is 0 Å². The molecule has 1 fully saturated rings. The molecule has 1 atom stereocenters. The van der Waals surface area contributed by atoms with Gasteiger partial charge in [-0.05, 0) is 72.7 Å². The normalized spacial score (nSPS) is 15.6. The van der Waals surface area contributed by atoms with Gasteiger partial charge in [0.1, 0.15) is 11.8 Å². The van der Waals surface area contributed by atoms with Gasteiger partial charge in [0.05, 0.1) is 19.2 Å². The Morgan fingerprint density at radius 1 is 1.06 bits per heavy atom. The highest BCUT2D eigenvalue weighted by Crippen LogP contribution is 2.29. The van der Waals surface area contributed by atoms with Gasteiger partial charge in [-0.1, -0.05) is 18.2 Å². The number of amides is 2. The number of para-hydroxylation sites is 1. The van der Waals surface area contributed by atoms with E-state index in [9.17, 15) is 9.59 Å². The summed E-state index contributed by atoms with van der Waals surface area (Å²) in [5, 5.41) is 3.25. The minimum Gasteiger partial charge on any atom is -0.497 e. The first-order valence-corrected chi connectivity index (χ1v) is 11.0. The molecular weight excluding hydrogens is 436 g/mol. The van der Waals surface area contributed by atoms with E-state index < -0.39 is 6.04 Å². The zero-order chi connectivity index (χ0) is 23.2. The lowest BCUT2D eigenvalue weighted by Gasteiger charge is -2.24. The highest BCUT2D eigenvalue weighted by atomic mass is 32.1. The lowest BCUT2D eigenvalue weighted by atomic mass is 10.1. The fourth-order valence-corrected chi connectivity index (χ4v) is 4.18. The van der Waals surface area contributed by atoms with Crippen LogP contribution >= 0.6 is 12.2 Å². The molecule has 1 aliphatic rings. The van der Waals surface area contributed by atoms with Crippen LogP contribution in [0.15, 0.2) is 79.1 Å².